The van der Waals surface area contributed by atoms with Crippen molar-refractivity contribution < 1.29 is 9.85 Å². The maximum Gasteiger partial charge on any atom is 0.272 e. The van der Waals surface area contributed by atoms with Crippen LogP contribution in [0.2, 0.25) is 0 Å². The number of anilines is 2. The van der Waals surface area contributed by atoms with Crippen molar-refractivity contribution in [2.24, 2.45) is 0 Å². The van der Waals surface area contributed by atoms with Crippen molar-refractivity contribution >= 4 is 22.7 Å². The lowest BCUT2D eigenvalue weighted by molar-refractivity contribution is -0.385. The zero-order valence-electron chi connectivity index (χ0n) is 12.7. The van der Waals surface area contributed by atoms with E-state index in [4.69, 9.17) is 0 Å². The molecular formula is C15H16N4O4. The summed E-state index contributed by atoms with van der Waals surface area (Å²) in [5.41, 5.74) is 8.83. The van der Waals surface area contributed by atoms with Crippen LogP contribution in [0.4, 0.5) is 22.7 Å². The molecule has 0 fully saturated rings. The highest BCUT2D eigenvalue weighted by molar-refractivity contribution is 5.63. The van der Waals surface area contributed by atoms with Crippen LogP contribution in [0.15, 0.2) is 36.4 Å². The van der Waals surface area contributed by atoms with E-state index in [1.54, 1.807) is 18.2 Å². The minimum absolute atomic E-state index is 0.00957. The molecule has 8 nitrogen and oxygen atoms in total. The van der Waals surface area contributed by atoms with Gasteiger partial charge in [0.05, 0.1) is 21.2 Å². The maximum atomic E-state index is 11.0. The highest BCUT2D eigenvalue weighted by atomic mass is 16.6. The molecule has 0 saturated heterocycles. The van der Waals surface area contributed by atoms with Crippen molar-refractivity contribution in [3.05, 3.63) is 67.8 Å². The molecule has 0 spiro atoms. The first kappa shape index (κ1) is 16.2. The lowest BCUT2D eigenvalue weighted by atomic mass is 10.0. The quantitative estimate of drug-likeness (QED) is 0.619. The number of benzene rings is 2. The standard InChI is InChI=1S/C15H16N4O4/c1-3-13-10(2)14(8-9-15(13)19(22)23)17-16-11-4-6-12(7-5-11)18(20)21/h4-9,16-17H,3H2,1-2H3. The van der Waals surface area contributed by atoms with Gasteiger partial charge in [0.15, 0.2) is 0 Å². The molecule has 0 saturated carbocycles. The van der Waals surface area contributed by atoms with Gasteiger partial charge in [-0.3, -0.25) is 20.2 Å². The van der Waals surface area contributed by atoms with Crippen LogP contribution in [0.3, 0.4) is 0 Å². The minimum atomic E-state index is -0.467. The molecule has 0 radical (unpaired) electrons. The molecule has 0 atom stereocenters. The molecular weight excluding hydrogens is 300 g/mol. The van der Waals surface area contributed by atoms with E-state index >= 15 is 0 Å². The second-order valence-electron chi connectivity index (χ2n) is 4.90. The van der Waals surface area contributed by atoms with Crippen LogP contribution in [0.1, 0.15) is 18.1 Å². The van der Waals surface area contributed by atoms with E-state index in [1.165, 1.54) is 18.2 Å². The lowest BCUT2D eigenvalue weighted by Crippen LogP contribution is -2.11. The zero-order chi connectivity index (χ0) is 17.0. The second-order valence-corrected chi connectivity index (χ2v) is 4.90. The molecule has 0 aliphatic carbocycles. The predicted octanol–water partition coefficient (Wildman–Crippen LogP) is 3.81. The van der Waals surface area contributed by atoms with Crippen molar-refractivity contribution in [2.45, 2.75) is 20.3 Å². The average molecular weight is 316 g/mol. The largest absolute Gasteiger partial charge is 0.301 e. The van der Waals surface area contributed by atoms with Crippen molar-refractivity contribution in [1.82, 2.24) is 0 Å². The van der Waals surface area contributed by atoms with Crippen LogP contribution in [-0.4, -0.2) is 9.85 Å². The number of hydrogen-bond donors (Lipinski definition) is 2. The van der Waals surface area contributed by atoms with Crippen LogP contribution >= 0.6 is 0 Å². The summed E-state index contributed by atoms with van der Waals surface area (Å²) in [6, 6.07) is 9.03. The van der Waals surface area contributed by atoms with Gasteiger partial charge in [-0.15, -0.1) is 0 Å². The summed E-state index contributed by atoms with van der Waals surface area (Å²) < 4.78 is 0. The Morgan fingerprint density at radius 2 is 1.61 bits per heavy atom. The Morgan fingerprint density at radius 1 is 0.957 bits per heavy atom. The number of hydrazine groups is 1. The smallest absolute Gasteiger partial charge is 0.272 e. The summed E-state index contributed by atoms with van der Waals surface area (Å²) in [7, 11) is 0. The molecule has 0 aliphatic heterocycles. The van der Waals surface area contributed by atoms with E-state index in [0.717, 1.165) is 5.56 Å². The van der Waals surface area contributed by atoms with E-state index < -0.39 is 4.92 Å². The SMILES string of the molecule is CCc1c([N+](=O)[O-])ccc(NNc2ccc([N+](=O)[O-])cc2)c1C. The van der Waals surface area contributed by atoms with Gasteiger partial charge in [0.1, 0.15) is 0 Å². The molecule has 2 rings (SSSR count). The number of nitro benzene ring substituents is 2. The molecule has 0 bridgehead atoms. The van der Waals surface area contributed by atoms with E-state index in [2.05, 4.69) is 10.9 Å². The van der Waals surface area contributed by atoms with Crippen molar-refractivity contribution in [3.8, 4) is 0 Å². The van der Waals surface area contributed by atoms with Crippen molar-refractivity contribution in [1.29, 1.82) is 0 Å². The van der Waals surface area contributed by atoms with Crippen LogP contribution in [-0.2, 0) is 6.42 Å². The monoisotopic (exact) mass is 316 g/mol. The molecule has 23 heavy (non-hydrogen) atoms. The number of nitro groups is 2. The van der Waals surface area contributed by atoms with Gasteiger partial charge in [-0.05, 0) is 37.1 Å². The summed E-state index contributed by atoms with van der Waals surface area (Å²) in [6.45, 7) is 3.68. The highest BCUT2D eigenvalue weighted by Gasteiger charge is 2.16. The van der Waals surface area contributed by atoms with Crippen LogP contribution in [0, 0.1) is 27.2 Å². The van der Waals surface area contributed by atoms with Crippen LogP contribution < -0.4 is 10.9 Å². The Labute approximate surface area is 132 Å². The third-order valence-corrected chi connectivity index (χ3v) is 3.54. The maximum absolute atomic E-state index is 11.0. The first-order valence-corrected chi connectivity index (χ1v) is 6.97. The van der Waals surface area contributed by atoms with E-state index in [1.807, 2.05) is 13.8 Å². The number of hydrogen-bond acceptors (Lipinski definition) is 6. The summed E-state index contributed by atoms with van der Waals surface area (Å²) in [4.78, 5) is 20.8. The fraction of sp³-hybridized carbons (Fsp3) is 0.200. The highest BCUT2D eigenvalue weighted by Crippen LogP contribution is 2.28. The molecule has 0 aliphatic rings. The molecule has 0 aromatic heterocycles. The van der Waals surface area contributed by atoms with Crippen molar-refractivity contribution in [2.75, 3.05) is 10.9 Å². The van der Waals surface area contributed by atoms with Crippen LogP contribution in [0.5, 0.6) is 0 Å². The predicted molar refractivity (Wildman–Crippen MR) is 87.6 cm³/mol. The van der Waals surface area contributed by atoms with Gasteiger partial charge < -0.3 is 10.9 Å². The van der Waals surface area contributed by atoms with Gasteiger partial charge in [0.2, 0.25) is 0 Å². The molecule has 8 heteroatoms. The Balaban J connectivity index is 2.17. The van der Waals surface area contributed by atoms with Crippen molar-refractivity contribution in [3.63, 3.8) is 0 Å². The topological polar surface area (TPSA) is 110 Å². The molecule has 0 heterocycles. The molecule has 2 aromatic carbocycles. The minimum Gasteiger partial charge on any atom is -0.301 e. The molecule has 2 aromatic rings. The third kappa shape index (κ3) is 3.54. The van der Waals surface area contributed by atoms with Gasteiger partial charge in [-0.1, -0.05) is 6.92 Å². The first-order chi connectivity index (χ1) is 10.9. The summed E-state index contributed by atoms with van der Waals surface area (Å²) >= 11 is 0. The molecule has 0 unspecified atom stereocenters. The van der Waals surface area contributed by atoms with E-state index in [9.17, 15) is 20.2 Å². The summed E-state index contributed by atoms with van der Waals surface area (Å²) in [6.07, 6.45) is 0.551. The first-order valence-electron chi connectivity index (χ1n) is 6.97. The van der Waals surface area contributed by atoms with Gasteiger partial charge in [-0.25, -0.2) is 0 Å². The lowest BCUT2D eigenvalue weighted by Gasteiger charge is -2.14. The fourth-order valence-electron chi connectivity index (χ4n) is 2.30. The molecule has 0 amide bonds. The van der Waals surface area contributed by atoms with E-state index in [-0.39, 0.29) is 16.3 Å². The summed E-state index contributed by atoms with van der Waals surface area (Å²) in [5.74, 6) is 0. The number of rotatable bonds is 6. The van der Waals surface area contributed by atoms with Gasteiger partial charge in [-0.2, -0.15) is 0 Å². The summed E-state index contributed by atoms with van der Waals surface area (Å²) in [5, 5.41) is 21.6. The fourth-order valence-corrected chi connectivity index (χ4v) is 2.30. The number of non-ortho nitro benzene ring substituents is 1. The zero-order valence-corrected chi connectivity index (χ0v) is 12.7. The Kier molecular flexibility index (Phi) is 4.75. The van der Waals surface area contributed by atoms with Crippen LogP contribution in [0.25, 0.3) is 0 Å². The Morgan fingerprint density at radius 3 is 2.13 bits per heavy atom. The molecule has 120 valence electrons. The van der Waals surface area contributed by atoms with Gasteiger partial charge in [0.25, 0.3) is 11.4 Å². The van der Waals surface area contributed by atoms with Gasteiger partial charge in [0, 0.05) is 23.8 Å². The van der Waals surface area contributed by atoms with E-state index in [0.29, 0.717) is 23.4 Å². The third-order valence-electron chi connectivity index (χ3n) is 3.54. The Hall–Kier alpha value is -3.16. The Bertz CT molecular complexity index is 744. The molecule has 2 N–H and O–H groups in total. The number of nitrogens with zero attached hydrogens (tertiary/aromatic N) is 2. The number of nitrogens with one attached hydrogen (secondary N) is 2. The second kappa shape index (κ2) is 6.73. The van der Waals surface area contributed by atoms with Gasteiger partial charge >= 0.3 is 0 Å². The average Bonchev–Trinajstić information content (AvgIpc) is 2.53. The normalized spacial score (nSPS) is 10.2.